The smallest absolute Gasteiger partial charge is 0.180 e. The van der Waals surface area contributed by atoms with E-state index in [-0.39, 0.29) is 17.2 Å². The Labute approximate surface area is 138 Å². The van der Waals surface area contributed by atoms with E-state index in [1.165, 1.54) is 12.1 Å². The molecular formula is C15H15ClFN3O2S. The number of rotatable bonds is 6. The molecule has 8 heteroatoms. The van der Waals surface area contributed by atoms with Crippen LogP contribution in [0.2, 0.25) is 5.15 Å². The van der Waals surface area contributed by atoms with Crippen LogP contribution in [-0.4, -0.2) is 30.7 Å². The molecule has 0 unspecified atom stereocenters. The predicted molar refractivity (Wildman–Crippen MR) is 86.0 cm³/mol. The van der Waals surface area contributed by atoms with Crippen molar-refractivity contribution in [3.05, 3.63) is 47.1 Å². The number of halogens is 2. The van der Waals surface area contributed by atoms with Crippen molar-refractivity contribution >= 4 is 27.3 Å². The molecule has 0 bridgehead atoms. The van der Waals surface area contributed by atoms with Crippen molar-refractivity contribution in [3.63, 3.8) is 0 Å². The largest absolute Gasteiger partial charge is 0.369 e. The van der Waals surface area contributed by atoms with Crippen molar-refractivity contribution in [2.75, 3.05) is 17.6 Å². The van der Waals surface area contributed by atoms with Crippen molar-refractivity contribution in [1.29, 1.82) is 0 Å². The number of hydrogen-bond acceptors (Lipinski definition) is 5. The van der Waals surface area contributed by atoms with E-state index in [0.717, 1.165) is 25.0 Å². The molecular weight excluding hydrogens is 341 g/mol. The van der Waals surface area contributed by atoms with Crippen LogP contribution in [0.1, 0.15) is 24.6 Å². The van der Waals surface area contributed by atoms with Crippen LogP contribution in [0.15, 0.2) is 35.2 Å². The first-order chi connectivity index (χ1) is 10.9. The Hall–Kier alpha value is -1.73. The molecule has 1 aliphatic carbocycles. The molecule has 0 saturated heterocycles. The fourth-order valence-electron chi connectivity index (χ4n) is 2.12. The van der Waals surface area contributed by atoms with E-state index in [4.69, 9.17) is 11.6 Å². The number of benzene rings is 1. The van der Waals surface area contributed by atoms with Gasteiger partial charge in [-0.15, -0.1) is 0 Å². The van der Waals surface area contributed by atoms with Crippen LogP contribution in [0, 0.1) is 5.82 Å². The first-order valence-electron chi connectivity index (χ1n) is 7.21. The summed E-state index contributed by atoms with van der Waals surface area (Å²) < 4.78 is 37.2. The standard InChI is InChI=1S/C15H15ClFN3O2S/c16-13-9-14(20-15(19-13)10-1-2-10)18-7-8-23(21,22)12-5-3-11(17)4-6-12/h3-6,9-10H,1-2,7-8H2,(H,18,19,20). The molecule has 122 valence electrons. The Morgan fingerprint density at radius 2 is 1.91 bits per heavy atom. The van der Waals surface area contributed by atoms with E-state index in [2.05, 4.69) is 15.3 Å². The molecule has 3 rings (SSSR count). The Balaban J connectivity index is 1.63. The van der Waals surface area contributed by atoms with Crippen LogP contribution in [0.4, 0.5) is 10.2 Å². The maximum atomic E-state index is 12.9. The molecule has 0 amide bonds. The molecule has 2 aromatic rings. The van der Waals surface area contributed by atoms with E-state index < -0.39 is 15.7 Å². The van der Waals surface area contributed by atoms with Gasteiger partial charge in [0.25, 0.3) is 0 Å². The number of anilines is 1. The van der Waals surface area contributed by atoms with Crippen LogP contribution in [0.5, 0.6) is 0 Å². The summed E-state index contributed by atoms with van der Waals surface area (Å²) in [6.07, 6.45) is 2.11. The van der Waals surface area contributed by atoms with E-state index in [0.29, 0.717) is 22.7 Å². The molecule has 1 heterocycles. The third-order valence-corrected chi connectivity index (χ3v) is 5.43. The van der Waals surface area contributed by atoms with Gasteiger partial charge >= 0.3 is 0 Å². The fraction of sp³-hybridized carbons (Fsp3) is 0.333. The van der Waals surface area contributed by atoms with Crippen LogP contribution in [0.3, 0.4) is 0 Å². The normalized spacial score (nSPS) is 14.7. The van der Waals surface area contributed by atoms with Gasteiger partial charge < -0.3 is 5.32 Å². The lowest BCUT2D eigenvalue weighted by atomic mass is 10.4. The molecule has 0 spiro atoms. The Bertz CT molecular complexity index is 808. The minimum Gasteiger partial charge on any atom is -0.369 e. The van der Waals surface area contributed by atoms with Gasteiger partial charge in [-0.1, -0.05) is 11.6 Å². The summed E-state index contributed by atoms with van der Waals surface area (Å²) in [5.41, 5.74) is 0. The Morgan fingerprint density at radius 3 is 2.57 bits per heavy atom. The van der Waals surface area contributed by atoms with Gasteiger partial charge in [0.2, 0.25) is 0 Å². The second-order valence-corrected chi connectivity index (χ2v) is 7.90. The average molecular weight is 356 g/mol. The van der Waals surface area contributed by atoms with Gasteiger partial charge in [0.05, 0.1) is 10.6 Å². The van der Waals surface area contributed by atoms with E-state index >= 15 is 0 Å². The SMILES string of the molecule is O=S(=O)(CCNc1cc(Cl)nc(C2CC2)n1)c1ccc(F)cc1. The van der Waals surface area contributed by atoms with Crippen molar-refractivity contribution in [2.24, 2.45) is 0 Å². The highest BCUT2D eigenvalue weighted by molar-refractivity contribution is 7.91. The predicted octanol–water partition coefficient (Wildman–Crippen LogP) is 3.03. The first kappa shape index (κ1) is 16.1. The highest BCUT2D eigenvalue weighted by Gasteiger charge is 2.27. The second kappa shape index (κ2) is 6.41. The molecule has 0 atom stereocenters. The van der Waals surface area contributed by atoms with Crippen LogP contribution in [0.25, 0.3) is 0 Å². The van der Waals surface area contributed by atoms with Crippen molar-refractivity contribution in [1.82, 2.24) is 9.97 Å². The number of hydrogen-bond donors (Lipinski definition) is 1. The van der Waals surface area contributed by atoms with Crippen LogP contribution in [-0.2, 0) is 9.84 Å². The lowest BCUT2D eigenvalue weighted by Gasteiger charge is -2.08. The molecule has 1 aromatic carbocycles. The zero-order valence-electron chi connectivity index (χ0n) is 12.2. The topological polar surface area (TPSA) is 72.0 Å². The molecule has 0 aliphatic heterocycles. The Kier molecular flexibility index (Phi) is 4.50. The van der Waals surface area contributed by atoms with Crippen LogP contribution < -0.4 is 5.32 Å². The Morgan fingerprint density at radius 1 is 1.22 bits per heavy atom. The summed E-state index contributed by atoms with van der Waals surface area (Å²) in [4.78, 5) is 8.61. The molecule has 23 heavy (non-hydrogen) atoms. The zero-order chi connectivity index (χ0) is 16.4. The fourth-order valence-corrected chi connectivity index (χ4v) is 3.47. The third-order valence-electron chi connectivity index (χ3n) is 3.50. The molecule has 1 fully saturated rings. The summed E-state index contributed by atoms with van der Waals surface area (Å²) in [7, 11) is -3.48. The summed E-state index contributed by atoms with van der Waals surface area (Å²) in [6.45, 7) is 0.178. The number of nitrogens with one attached hydrogen (secondary N) is 1. The minimum atomic E-state index is -3.48. The van der Waals surface area contributed by atoms with E-state index in [1.54, 1.807) is 6.07 Å². The molecule has 1 aromatic heterocycles. The van der Waals surface area contributed by atoms with Crippen LogP contribution >= 0.6 is 11.6 Å². The number of nitrogens with zero attached hydrogens (tertiary/aromatic N) is 2. The van der Waals surface area contributed by atoms with Gasteiger partial charge in [0.1, 0.15) is 22.6 Å². The van der Waals surface area contributed by atoms with Gasteiger partial charge in [0, 0.05) is 18.5 Å². The van der Waals surface area contributed by atoms with Gasteiger partial charge in [0.15, 0.2) is 9.84 Å². The number of sulfone groups is 1. The quantitative estimate of drug-likeness (QED) is 0.637. The van der Waals surface area contributed by atoms with Gasteiger partial charge in [-0.3, -0.25) is 0 Å². The average Bonchev–Trinajstić information content (AvgIpc) is 3.31. The molecule has 1 N–H and O–H groups in total. The van der Waals surface area contributed by atoms with Gasteiger partial charge in [-0.05, 0) is 37.1 Å². The maximum absolute atomic E-state index is 12.9. The zero-order valence-corrected chi connectivity index (χ0v) is 13.7. The summed E-state index contributed by atoms with van der Waals surface area (Å²) in [5, 5.41) is 3.30. The third kappa shape index (κ3) is 4.17. The highest BCUT2D eigenvalue weighted by atomic mass is 35.5. The van der Waals surface area contributed by atoms with Crippen molar-refractivity contribution in [3.8, 4) is 0 Å². The number of aromatic nitrogens is 2. The monoisotopic (exact) mass is 355 g/mol. The summed E-state index contributed by atoms with van der Waals surface area (Å²) in [5.74, 6) is 0.976. The maximum Gasteiger partial charge on any atom is 0.180 e. The summed E-state index contributed by atoms with van der Waals surface area (Å²) in [6, 6.07) is 6.35. The first-order valence-corrected chi connectivity index (χ1v) is 9.24. The lowest BCUT2D eigenvalue weighted by Crippen LogP contribution is -2.17. The highest BCUT2D eigenvalue weighted by Crippen LogP contribution is 2.38. The van der Waals surface area contributed by atoms with Crippen molar-refractivity contribution in [2.45, 2.75) is 23.7 Å². The second-order valence-electron chi connectivity index (χ2n) is 5.41. The van der Waals surface area contributed by atoms with Gasteiger partial charge in [-0.25, -0.2) is 22.8 Å². The molecule has 1 saturated carbocycles. The minimum absolute atomic E-state index is 0.0973. The lowest BCUT2D eigenvalue weighted by molar-refractivity contribution is 0.595. The van der Waals surface area contributed by atoms with E-state index in [1.807, 2.05) is 0 Å². The van der Waals surface area contributed by atoms with E-state index in [9.17, 15) is 12.8 Å². The van der Waals surface area contributed by atoms with Crippen molar-refractivity contribution < 1.29 is 12.8 Å². The molecule has 5 nitrogen and oxygen atoms in total. The molecule has 1 aliphatic rings. The summed E-state index contributed by atoms with van der Waals surface area (Å²) >= 11 is 5.96. The van der Waals surface area contributed by atoms with Gasteiger partial charge in [-0.2, -0.15) is 0 Å². The molecule has 0 radical (unpaired) electrons.